The van der Waals surface area contributed by atoms with E-state index in [4.69, 9.17) is 9.84 Å². The van der Waals surface area contributed by atoms with Gasteiger partial charge in [-0.3, -0.25) is 4.79 Å². The first kappa shape index (κ1) is 15.8. The van der Waals surface area contributed by atoms with Gasteiger partial charge in [-0.15, -0.1) is 0 Å². The Hall–Kier alpha value is -1.30. The van der Waals surface area contributed by atoms with Gasteiger partial charge >= 0.3 is 6.09 Å². The van der Waals surface area contributed by atoms with Gasteiger partial charge in [0.1, 0.15) is 12.2 Å². The van der Waals surface area contributed by atoms with Crippen molar-refractivity contribution in [1.82, 2.24) is 10.2 Å². The number of nitrogens with zero attached hydrogens (tertiary/aromatic N) is 1. The number of hydrogen-bond acceptors (Lipinski definition) is 4. The van der Waals surface area contributed by atoms with Gasteiger partial charge in [0.2, 0.25) is 5.91 Å². The van der Waals surface area contributed by atoms with Crippen molar-refractivity contribution in [3.63, 3.8) is 0 Å². The number of alkyl carbamates (subject to hydrolysis) is 1. The molecule has 2 amide bonds. The van der Waals surface area contributed by atoms with E-state index in [0.29, 0.717) is 25.9 Å². The van der Waals surface area contributed by atoms with Crippen molar-refractivity contribution in [2.45, 2.75) is 51.7 Å². The molecule has 1 saturated heterocycles. The van der Waals surface area contributed by atoms with Crippen LogP contribution in [-0.2, 0) is 9.53 Å². The predicted octanol–water partition coefficient (Wildman–Crippen LogP) is 0.884. The number of hydrogen-bond donors (Lipinski definition) is 2. The van der Waals surface area contributed by atoms with Crippen molar-refractivity contribution in [2.24, 2.45) is 0 Å². The molecule has 1 aliphatic rings. The van der Waals surface area contributed by atoms with Gasteiger partial charge in [0.15, 0.2) is 0 Å². The van der Waals surface area contributed by atoms with Crippen LogP contribution in [0.1, 0.15) is 40.5 Å². The van der Waals surface area contributed by atoms with Crippen molar-refractivity contribution in [2.75, 3.05) is 19.7 Å². The highest BCUT2D eigenvalue weighted by Gasteiger charge is 2.34. The molecular weight excluding hydrogens is 248 g/mol. The molecule has 2 N–H and O–H groups in total. The van der Waals surface area contributed by atoms with Crippen molar-refractivity contribution in [3.05, 3.63) is 0 Å². The average Bonchev–Trinajstić information content (AvgIpc) is 2.25. The lowest BCUT2D eigenvalue weighted by Crippen LogP contribution is -2.55. The summed E-state index contributed by atoms with van der Waals surface area (Å²) in [5, 5.41) is 11.7. The zero-order valence-corrected chi connectivity index (χ0v) is 12.2. The molecule has 1 fully saturated rings. The molecule has 0 aromatic heterocycles. The highest BCUT2D eigenvalue weighted by atomic mass is 16.6. The van der Waals surface area contributed by atoms with Gasteiger partial charge in [-0.05, 0) is 40.5 Å². The monoisotopic (exact) mass is 272 g/mol. The summed E-state index contributed by atoms with van der Waals surface area (Å²) < 4.78 is 5.23. The summed E-state index contributed by atoms with van der Waals surface area (Å²) >= 11 is 0. The lowest BCUT2D eigenvalue weighted by molar-refractivity contribution is -0.135. The minimum atomic E-state index is -0.520. The van der Waals surface area contributed by atoms with E-state index >= 15 is 0 Å². The van der Waals surface area contributed by atoms with E-state index in [0.717, 1.165) is 0 Å². The quantitative estimate of drug-likeness (QED) is 0.782. The molecule has 0 bridgehead atoms. The minimum Gasteiger partial charge on any atom is -0.444 e. The Morgan fingerprint density at radius 1 is 1.32 bits per heavy atom. The fourth-order valence-corrected chi connectivity index (χ4v) is 2.02. The summed E-state index contributed by atoms with van der Waals surface area (Å²) in [6, 6.07) is 0. The Bertz CT molecular complexity index is 341. The fraction of sp³-hybridized carbons (Fsp3) is 0.846. The van der Waals surface area contributed by atoms with Gasteiger partial charge in [0.05, 0.1) is 0 Å². The normalized spacial score (nSPS) is 18.9. The second-order valence-corrected chi connectivity index (χ2v) is 6.23. The van der Waals surface area contributed by atoms with Gasteiger partial charge in [-0.1, -0.05) is 0 Å². The number of likely N-dealkylation sites (tertiary alicyclic amines) is 1. The molecule has 1 aliphatic heterocycles. The van der Waals surface area contributed by atoms with E-state index < -0.39 is 18.3 Å². The summed E-state index contributed by atoms with van der Waals surface area (Å²) in [4.78, 5) is 24.7. The van der Waals surface area contributed by atoms with E-state index in [9.17, 15) is 9.59 Å². The van der Waals surface area contributed by atoms with E-state index in [1.165, 1.54) is 0 Å². The van der Waals surface area contributed by atoms with Crippen LogP contribution in [0.3, 0.4) is 0 Å². The summed E-state index contributed by atoms with van der Waals surface area (Å²) in [6.45, 7) is 8.00. The van der Waals surface area contributed by atoms with Crippen molar-refractivity contribution in [3.8, 4) is 0 Å². The maximum atomic E-state index is 11.7. The molecule has 0 radical (unpaired) electrons. The first-order chi connectivity index (χ1) is 8.65. The first-order valence-electron chi connectivity index (χ1n) is 6.55. The van der Waals surface area contributed by atoms with E-state index in [2.05, 4.69) is 5.32 Å². The van der Waals surface area contributed by atoms with Crippen LogP contribution in [-0.4, -0.2) is 52.8 Å². The van der Waals surface area contributed by atoms with Crippen LogP contribution in [0, 0.1) is 0 Å². The van der Waals surface area contributed by atoms with Gasteiger partial charge in [0.25, 0.3) is 0 Å². The molecule has 0 aliphatic carbocycles. The second kappa shape index (κ2) is 5.77. The molecule has 0 atom stereocenters. The van der Waals surface area contributed by atoms with Crippen LogP contribution < -0.4 is 5.32 Å². The molecule has 6 heteroatoms. The predicted molar refractivity (Wildman–Crippen MR) is 70.7 cm³/mol. The molecule has 0 unspecified atom stereocenters. The minimum absolute atomic E-state index is 0.265. The van der Waals surface area contributed by atoms with Gasteiger partial charge < -0.3 is 20.1 Å². The zero-order chi connectivity index (χ0) is 14.7. The Morgan fingerprint density at radius 2 is 1.84 bits per heavy atom. The molecule has 0 saturated carbocycles. The van der Waals surface area contributed by atoms with E-state index in [-0.39, 0.29) is 11.4 Å². The molecule has 0 spiro atoms. The highest BCUT2D eigenvalue weighted by Crippen LogP contribution is 2.22. The molecule has 1 rings (SSSR count). The van der Waals surface area contributed by atoms with Gasteiger partial charge in [-0.2, -0.15) is 0 Å². The second-order valence-electron chi connectivity index (χ2n) is 6.23. The number of rotatable bonds is 2. The molecule has 19 heavy (non-hydrogen) atoms. The number of aliphatic hydroxyl groups excluding tert-OH is 1. The number of ether oxygens (including phenoxy) is 1. The highest BCUT2D eigenvalue weighted by molar-refractivity contribution is 5.77. The topological polar surface area (TPSA) is 78.9 Å². The zero-order valence-electron chi connectivity index (χ0n) is 12.2. The summed E-state index contributed by atoms with van der Waals surface area (Å²) in [7, 11) is 0. The molecule has 0 aromatic carbocycles. The van der Waals surface area contributed by atoms with Crippen molar-refractivity contribution in [1.29, 1.82) is 0 Å². The lowest BCUT2D eigenvalue weighted by atomic mass is 9.90. The standard InChI is InChI=1S/C13H24N2O4/c1-12(2,3)19-11(18)14-13(4)5-7-15(8-6-13)10(17)9-16/h16H,5-9H2,1-4H3,(H,14,18). The number of piperidine rings is 1. The van der Waals surface area contributed by atoms with Crippen LogP contribution in [0.25, 0.3) is 0 Å². The Kier molecular flexibility index (Phi) is 4.79. The lowest BCUT2D eigenvalue weighted by Gasteiger charge is -2.39. The Balaban J connectivity index is 2.48. The fourth-order valence-electron chi connectivity index (χ4n) is 2.02. The van der Waals surface area contributed by atoms with Crippen LogP contribution in [0.4, 0.5) is 4.79 Å². The first-order valence-corrected chi connectivity index (χ1v) is 6.55. The van der Waals surface area contributed by atoms with Crippen LogP contribution in [0.2, 0.25) is 0 Å². The Labute approximate surface area is 114 Å². The Morgan fingerprint density at radius 3 is 2.26 bits per heavy atom. The summed E-state index contributed by atoms with van der Waals surface area (Å²) in [6.07, 6.45) is 0.868. The van der Waals surface area contributed by atoms with Crippen LogP contribution in [0.15, 0.2) is 0 Å². The SMILES string of the molecule is CC1(NC(=O)OC(C)(C)C)CCN(C(=O)CO)CC1. The number of nitrogens with one attached hydrogen (secondary N) is 1. The summed E-state index contributed by atoms with van der Waals surface area (Å²) in [5.41, 5.74) is -0.886. The number of amides is 2. The molecular formula is C13H24N2O4. The number of carbonyl (C=O) groups is 2. The van der Waals surface area contributed by atoms with Crippen LogP contribution in [0.5, 0.6) is 0 Å². The van der Waals surface area contributed by atoms with Gasteiger partial charge in [0, 0.05) is 18.6 Å². The van der Waals surface area contributed by atoms with Gasteiger partial charge in [-0.25, -0.2) is 4.79 Å². The van der Waals surface area contributed by atoms with E-state index in [1.54, 1.807) is 4.90 Å². The van der Waals surface area contributed by atoms with Crippen molar-refractivity contribution < 1.29 is 19.4 Å². The smallest absolute Gasteiger partial charge is 0.408 e. The number of aliphatic hydroxyl groups is 1. The molecule has 110 valence electrons. The maximum absolute atomic E-state index is 11.7. The summed E-state index contributed by atoms with van der Waals surface area (Å²) in [5.74, 6) is -0.265. The molecule has 1 heterocycles. The van der Waals surface area contributed by atoms with Crippen molar-refractivity contribution >= 4 is 12.0 Å². The molecule has 0 aromatic rings. The molecule has 6 nitrogen and oxygen atoms in total. The number of carbonyl (C=O) groups excluding carboxylic acids is 2. The maximum Gasteiger partial charge on any atom is 0.408 e. The van der Waals surface area contributed by atoms with E-state index in [1.807, 2.05) is 27.7 Å². The third-order valence-corrected chi connectivity index (χ3v) is 3.16. The largest absolute Gasteiger partial charge is 0.444 e. The third-order valence-electron chi connectivity index (χ3n) is 3.16. The van der Waals surface area contributed by atoms with Crippen LogP contribution >= 0.6 is 0 Å². The average molecular weight is 272 g/mol. The third kappa shape index (κ3) is 5.06.